The summed E-state index contributed by atoms with van der Waals surface area (Å²) in [5, 5.41) is 14.4. The van der Waals surface area contributed by atoms with Gasteiger partial charge in [0, 0.05) is 31.4 Å². The Balaban J connectivity index is 1.38. The zero-order valence-electron chi connectivity index (χ0n) is 12.1. The van der Waals surface area contributed by atoms with E-state index in [1.165, 1.54) is 19.2 Å². The topological polar surface area (TPSA) is 82.6 Å². The molecule has 2 N–H and O–H groups in total. The Morgan fingerprint density at radius 1 is 1.27 bits per heavy atom. The molecule has 1 saturated heterocycles. The van der Waals surface area contributed by atoms with Crippen LogP contribution < -0.4 is 10.2 Å². The van der Waals surface area contributed by atoms with Crippen molar-refractivity contribution in [3.8, 4) is 0 Å². The number of aromatic amines is 1. The standard InChI is InChI=1S/C14H17N7S/c1-2-6-21(5-1)14-19-10(8-22-14)3-4-15-12-11-7-18-20-13(11)17-9-16-12/h7-9H,1-6H2,(H2,15,16,17,18,20). The third-order valence-electron chi connectivity index (χ3n) is 3.84. The zero-order valence-corrected chi connectivity index (χ0v) is 12.9. The lowest BCUT2D eigenvalue weighted by atomic mass is 10.3. The summed E-state index contributed by atoms with van der Waals surface area (Å²) in [6.45, 7) is 3.08. The number of fused-ring (bicyclic) bond motifs is 1. The largest absolute Gasteiger partial charge is 0.369 e. The highest BCUT2D eigenvalue weighted by Crippen LogP contribution is 2.24. The van der Waals surface area contributed by atoms with Crippen molar-refractivity contribution in [2.75, 3.05) is 29.9 Å². The van der Waals surface area contributed by atoms with E-state index in [-0.39, 0.29) is 0 Å². The second-order valence-electron chi connectivity index (χ2n) is 5.35. The van der Waals surface area contributed by atoms with E-state index < -0.39 is 0 Å². The van der Waals surface area contributed by atoms with E-state index in [1.54, 1.807) is 17.5 Å². The second-order valence-corrected chi connectivity index (χ2v) is 6.18. The Bertz CT molecular complexity index is 759. The predicted molar refractivity (Wildman–Crippen MR) is 87.4 cm³/mol. The molecule has 22 heavy (non-hydrogen) atoms. The third kappa shape index (κ3) is 2.61. The van der Waals surface area contributed by atoms with Crippen molar-refractivity contribution < 1.29 is 0 Å². The number of aromatic nitrogens is 5. The van der Waals surface area contributed by atoms with E-state index in [4.69, 9.17) is 4.98 Å². The minimum absolute atomic E-state index is 0.752. The molecule has 0 aliphatic carbocycles. The van der Waals surface area contributed by atoms with Gasteiger partial charge < -0.3 is 10.2 Å². The SMILES string of the molecule is c1nc(NCCc2csc(N3CCCC3)n2)c2cn[nH]c2n1. The van der Waals surface area contributed by atoms with E-state index >= 15 is 0 Å². The van der Waals surface area contributed by atoms with Gasteiger partial charge in [0.15, 0.2) is 10.8 Å². The van der Waals surface area contributed by atoms with Gasteiger partial charge in [-0.2, -0.15) is 5.10 Å². The number of thiazole rings is 1. The molecule has 4 heterocycles. The highest BCUT2D eigenvalue weighted by Gasteiger charge is 2.15. The number of nitrogens with one attached hydrogen (secondary N) is 2. The molecule has 0 atom stereocenters. The summed E-state index contributed by atoms with van der Waals surface area (Å²) in [6.07, 6.45) is 6.73. The van der Waals surface area contributed by atoms with Crippen LogP contribution in [0.1, 0.15) is 18.5 Å². The number of anilines is 2. The molecule has 0 unspecified atom stereocenters. The number of hydrogen-bond donors (Lipinski definition) is 2. The molecule has 0 saturated carbocycles. The first-order chi connectivity index (χ1) is 10.9. The molecule has 0 spiro atoms. The van der Waals surface area contributed by atoms with Crippen molar-refractivity contribution >= 4 is 33.3 Å². The van der Waals surface area contributed by atoms with E-state index in [9.17, 15) is 0 Å². The van der Waals surface area contributed by atoms with Crippen LogP contribution >= 0.6 is 11.3 Å². The lowest BCUT2D eigenvalue weighted by Crippen LogP contribution is -2.17. The van der Waals surface area contributed by atoms with Crippen molar-refractivity contribution in [1.29, 1.82) is 0 Å². The van der Waals surface area contributed by atoms with Crippen LogP contribution in [0.25, 0.3) is 11.0 Å². The Morgan fingerprint density at radius 2 is 2.18 bits per heavy atom. The zero-order chi connectivity index (χ0) is 14.8. The van der Waals surface area contributed by atoms with Crippen molar-refractivity contribution in [3.63, 3.8) is 0 Å². The molecular weight excluding hydrogens is 298 g/mol. The van der Waals surface area contributed by atoms with Crippen LogP contribution in [-0.2, 0) is 6.42 Å². The molecule has 114 valence electrons. The minimum Gasteiger partial charge on any atom is -0.369 e. The lowest BCUT2D eigenvalue weighted by Gasteiger charge is -2.12. The summed E-state index contributed by atoms with van der Waals surface area (Å²) in [5.41, 5.74) is 1.89. The molecule has 0 bridgehead atoms. The van der Waals surface area contributed by atoms with Gasteiger partial charge in [-0.25, -0.2) is 15.0 Å². The summed E-state index contributed by atoms with van der Waals surface area (Å²) in [6, 6.07) is 0. The Morgan fingerprint density at radius 3 is 3.09 bits per heavy atom. The molecule has 1 aliphatic rings. The predicted octanol–water partition coefficient (Wildman–Crippen LogP) is 2.06. The smallest absolute Gasteiger partial charge is 0.185 e. The minimum atomic E-state index is 0.752. The van der Waals surface area contributed by atoms with Crippen LogP contribution in [0, 0.1) is 0 Å². The number of hydrogen-bond acceptors (Lipinski definition) is 7. The first kappa shape index (κ1) is 13.4. The van der Waals surface area contributed by atoms with Gasteiger partial charge in [-0.3, -0.25) is 5.10 Å². The first-order valence-corrected chi connectivity index (χ1v) is 8.35. The average Bonchev–Trinajstić information content (AvgIpc) is 3.28. The van der Waals surface area contributed by atoms with Crippen LogP contribution in [0.15, 0.2) is 17.9 Å². The summed E-state index contributed by atoms with van der Waals surface area (Å²) in [5.74, 6) is 0.814. The van der Waals surface area contributed by atoms with E-state index in [0.717, 1.165) is 53.7 Å². The van der Waals surface area contributed by atoms with Gasteiger partial charge in [-0.1, -0.05) is 0 Å². The molecule has 1 aliphatic heterocycles. The highest BCUT2D eigenvalue weighted by molar-refractivity contribution is 7.13. The van der Waals surface area contributed by atoms with Gasteiger partial charge in [0.2, 0.25) is 0 Å². The van der Waals surface area contributed by atoms with Gasteiger partial charge in [0.25, 0.3) is 0 Å². The van der Waals surface area contributed by atoms with Crippen LogP contribution in [0.5, 0.6) is 0 Å². The molecule has 7 nitrogen and oxygen atoms in total. The van der Waals surface area contributed by atoms with Crippen LogP contribution in [0.4, 0.5) is 10.9 Å². The number of H-pyrrole nitrogens is 1. The summed E-state index contributed by atoms with van der Waals surface area (Å²) in [7, 11) is 0. The molecular formula is C14H17N7S. The van der Waals surface area contributed by atoms with Gasteiger partial charge in [-0.15, -0.1) is 11.3 Å². The maximum Gasteiger partial charge on any atom is 0.185 e. The van der Waals surface area contributed by atoms with E-state index in [2.05, 4.69) is 35.8 Å². The van der Waals surface area contributed by atoms with Gasteiger partial charge in [0.1, 0.15) is 12.1 Å². The number of nitrogens with zero attached hydrogens (tertiary/aromatic N) is 5. The highest BCUT2D eigenvalue weighted by atomic mass is 32.1. The molecule has 8 heteroatoms. The van der Waals surface area contributed by atoms with Gasteiger partial charge in [-0.05, 0) is 12.8 Å². The lowest BCUT2D eigenvalue weighted by molar-refractivity contribution is 0.923. The molecule has 0 amide bonds. The molecule has 4 rings (SSSR count). The monoisotopic (exact) mass is 315 g/mol. The van der Waals surface area contributed by atoms with Crippen molar-refractivity contribution in [2.24, 2.45) is 0 Å². The van der Waals surface area contributed by atoms with Crippen LogP contribution in [0.3, 0.4) is 0 Å². The van der Waals surface area contributed by atoms with Crippen molar-refractivity contribution in [1.82, 2.24) is 25.1 Å². The Labute approximate surface area is 131 Å². The van der Waals surface area contributed by atoms with E-state index in [1.807, 2.05) is 0 Å². The maximum atomic E-state index is 4.73. The quantitative estimate of drug-likeness (QED) is 0.750. The Kier molecular flexibility index (Phi) is 3.59. The normalized spacial score (nSPS) is 14.8. The van der Waals surface area contributed by atoms with Crippen molar-refractivity contribution in [2.45, 2.75) is 19.3 Å². The molecule has 0 radical (unpaired) electrons. The second kappa shape index (κ2) is 5.88. The average molecular weight is 315 g/mol. The fourth-order valence-corrected chi connectivity index (χ4v) is 3.59. The molecule has 3 aromatic heterocycles. The third-order valence-corrected chi connectivity index (χ3v) is 4.79. The fraction of sp³-hybridized carbons (Fsp3) is 0.429. The van der Waals surface area contributed by atoms with Crippen LogP contribution in [0.2, 0.25) is 0 Å². The van der Waals surface area contributed by atoms with Gasteiger partial charge >= 0.3 is 0 Å². The fourth-order valence-electron chi connectivity index (χ4n) is 2.68. The van der Waals surface area contributed by atoms with Crippen LogP contribution in [-0.4, -0.2) is 44.8 Å². The summed E-state index contributed by atoms with van der Waals surface area (Å²) in [4.78, 5) is 15.5. The molecule has 1 fully saturated rings. The van der Waals surface area contributed by atoms with Gasteiger partial charge in [0.05, 0.1) is 17.3 Å². The molecule has 0 aromatic carbocycles. The first-order valence-electron chi connectivity index (χ1n) is 7.47. The number of rotatable bonds is 5. The maximum absolute atomic E-state index is 4.73. The summed E-state index contributed by atoms with van der Waals surface area (Å²) < 4.78 is 0. The van der Waals surface area contributed by atoms with E-state index in [0.29, 0.717) is 0 Å². The summed E-state index contributed by atoms with van der Waals surface area (Å²) >= 11 is 1.74. The van der Waals surface area contributed by atoms with Crippen molar-refractivity contribution in [3.05, 3.63) is 23.6 Å². The molecule has 3 aromatic rings. The Hall–Kier alpha value is -2.22.